The summed E-state index contributed by atoms with van der Waals surface area (Å²) in [5.41, 5.74) is 1.68. The SMILES string of the molecule is COC(=O)c1ccccc1NC(=O)O[C@H]1CO[C@@H]2[C@@H]1OC[C@@H]2Nc1nccc(-c2cccc(F)c2)n1. The number of esters is 1. The van der Waals surface area contributed by atoms with Gasteiger partial charge in [-0.25, -0.2) is 23.9 Å². The number of fused-ring (bicyclic) bond motifs is 1. The molecule has 186 valence electrons. The van der Waals surface area contributed by atoms with E-state index < -0.39 is 30.4 Å². The van der Waals surface area contributed by atoms with Gasteiger partial charge in [-0.1, -0.05) is 24.3 Å². The van der Waals surface area contributed by atoms with Crippen LogP contribution in [0.25, 0.3) is 11.3 Å². The van der Waals surface area contributed by atoms with Gasteiger partial charge >= 0.3 is 12.1 Å². The number of aromatic nitrogens is 2. The van der Waals surface area contributed by atoms with E-state index in [1.807, 2.05) is 0 Å². The van der Waals surface area contributed by atoms with Crippen LogP contribution in [0, 0.1) is 5.82 Å². The minimum absolute atomic E-state index is 0.143. The number of amides is 1. The van der Waals surface area contributed by atoms with Crippen molar-refractivity contribution in [3.8, 4) is 11.3 Å². The van der Waals surface area contributed by atoms with Crippen molar-refractivity contribution in [1.82, 2.24) is 9.97 Å². The maximum absolute atomic E-state index is 13.6. The third-order valence-electron chi connectivity index (χ3n) is 5.93. The van der Waals surface area contributed by atoms with Crippen LogP contribution in [0.5, 0.6) is 0 Å². The predicted octanol–water partition coefficient (Wildman–Crippen LogP) is 3.26. The van der Waals surface area contributed by atoms with Crippen LogP contribution in [0.1, 0.15) is 10.4 Å². The first kappa shape index (κ1) is 23.6. The topological polar surface area (TPSA) is 121 Å². The maximum atomic E-state index is 13.6. The predicted molar refractivity (Wildman–Crippen MR) is 126 cm³/mol. The van der Waals surface area contributed by atoms with E-state index in [0.717, 1.165) is 0 Å². The van der Waals surface area contributed by atoms with Crippen molar-refractivity contribution in [3.63, 3.8) is 0 Å². The molecule has 10 nitrogen and oxygen atoms in total. The summed E-state index contributed by atoms with van der Waals surface area (Å²) in [7, 11) is 1.26. The monoisotopic (exact) mass is 494 g/mol. The number of para-hydroxylation sites is 1. The van der Waals surface area contributed by atoms with Crippen LogP contribution in [0.15, 0.2) is 60.8 Å². The molecule has 3 heterocycles. The molecule has 2 aliphatic rings. The van der Waals surface area contributed by atoms with Gasteiger partial charge in [-0.2, -0.15) is 0 Å². The molecule has 2 saturated heterocycles. The number of halogens is 1. The van der Waals surface area contributed by atoms with Crippen LogP contribution in [0.2, 0.25) is 0 Å². The van der Waals surface area contributed by atoms with E-state index in [0.29, 0.717) is 17.2 Å². The molecular formula is C25H23FN4O6. The number of nitrogens with zero attached hydrogens (tertiary/aromatic N) is 2. The average Bonchev–Trinajstić information content (AvgIpc) is 3.47. The first-order chi connectivity index (χ1) is 17.5. The maximum Gasteiger partial charge on any atom is 0.412 e. The van der Waals surface area contributed by atoms with Gasteiger partial charge in [0.15, 0.2) is 6.10 Å². The van der Waals surface area contributed by atoms with Crippen LogP contribution in [0.4, 0.5) is 20.8 Å². The Balaban J connectivity index is 1.20. The van der Waals surface area contributed by atoms with Crippen molar-refractivity contribution in [1.29, 1.82) is 0 Å². The molecule has 1 aromatic heterocycles. The number of carbonyl (C=O) groups excluding carboxylic acids is 2. The highest BCUT2D eigenvalue weighted by molar-refractivity contribution is 5.99. The van der Waals surface area contributed by atoms with Gasteiger partial charge in [0.25, 0.3) is 0 Å². The summed E-state index contributed by atoms with van der Waals surface area (Å²) in [4.78, 5) is 33.2. The van der Waals surface area contributed by atoms with Crippen LogP contribution < -0.4 is 10.6 Å². The Morgan fingerprint density at radius 2 is 1.89 bits per heavy atom. The summed E-state index contributed by atoms with van der Waals surface area (Å²) in [5.74, 6) is -0.584. The van der Waals surface area contributed by atoms with Gasteiger partial charge in [-0.15, -0.1) is 0 Å². The Morgan fingerprint density at radius 3 is 2.72 bits per heavy atom. The lowest BCUT2D eigenvalue weighted by atomic mass is 10.1. The Hall–Kier alpha value is -4.09. The first-order valence-corrected chi connectivity index (χ1v) is 11.3. The quantitative estimate of drug-likeness (QED) is 0.498. The lowest BCUT2D eigenvalue weighted by Crippen LogP contribution is -2.38. The Bertz CT molecular complexity index is 1270. The van der Waals surface area contributed by atoms with Crippen molar-refractivity contribution in [2.45, 2.75) is 24.4 Å². The van der Waals surface area contributed by atoms with Gasteiger partial charge in [-0.3, -0.25) is 5.32 Å². The molecule has 2 aliphatic heterocycles. The molecule has 0 radical (unpaired) electrons. The minimum Gasteiger partial charge on any atom is -0.465 e. The van der Waals surface area contributed by atoms with Crippen LogP contribution in [-0.4, -0.2) is 66.7 Å². The molecule has 11 heteroatoms. The van der Waals surface area contributed by atoms with Crippen molar-refractivity contribution in [3.05, 3.63) is 72.2 Å². The van der Waals surface area contributed by atoms with E-state index in [2.05, 4.69) is 20.6 Å². The first-order valence-electron chi connectivity index (χ1n) is 11.3. The highest BCUT2D eigenvalue weighted by Crippen LogP contribution is 2.31. The highest BCUT2D eigenvalue weighted by atomic mass is 19.1. The Morgan fingerprint density at radius 1 is 1.06 bits per heavy atom. The van der Waals surface area contributed by atoms with Crippen molar-refractivity contribution >= 4 is 23.7 Å². The second kappa shape index (κ2) is 10.3. The normalized spacial score (nSPS) is 22.5. The summed E-state index contributed by atoms with van der Waals surface area (Å²) < 4.78 is 35.6. The second-order valence-corrected chi connectivity index (χ2v) is 8.23. The molecule has 2 aromatic carbocycles. The smallest absolute Gasteiger partial charge is 0.412 e. The molecule has 0 aliphatic carbocycles. The molecule has 36 heavy (non-hydrogen) atoms. The number of rotatable bonds is 6. The Labute approximate surface area is 205 Å². The van der Waals surface area contributed by atoms with Gasteiger partial charge in [0, 0.05) is 11.8 Å². The molecule has 2 fully saturated rings. The number of anilines is 2. The van der Waals surface area contributed by atoms with E-state index in [1.165, 1.54) is 25.3 Å². The number of nitrogens with one attached hydrogen (secondary N) is 2. The highest BCUT2D eigenvalue weighted by Gasteiger charge is 2.49. The molecule has 0 unspecified atom stereocenters. The standard InChI is InChI=1S/C25H23FN4O6/c1-33-23(31)16-7-2-3-8-18(16)30-25(32)36-20-13-35-21-19(12-34-22(20)21)29-24-27-10-9-17(28-24)14-5-4-6-15(26)11-14/h2-11,19-22H,12-13H2,1H3,(H,30,32)(H,27,28,29)/t19-,20-,21-,22+/m0/s1. The lowest BCUT2D eigenvalue weighted by Gasteiger charge is -2.18. The average molecular weight is 494 g/mol. The summed E-state index contributed by atoms with van der Waals surface area (Å²) in [6.45, 7) is 0.430. The molecule has 1 amide bonds. The summed E-state index contributed by atoms with van der Waals surface area (Å²) in [6.07, 6.45) is -0.693. The van der Waals surface area contributed by atoms with E-state index in [9.17, 15) is 14.0 Å². The fourth-order valence-electron chi connectivity index (χ4n) is 4.25. The zero-order valence-corrected chi connectivity index (χ0v) is 19.2. The molecule has 0 spiro atoms. The van der Waals surface area contributed by atoms with Crippen molar-refractivity contribution in [2.75, 3.05) is 31.0 Å². The molecule has 2 N–H and O–H groups in total. The molecule has 4 atom stereocenters. The molecular weight excluding hydrogens is 471 g/mol. The number of ether oxygens (including phenoxy) is 4. The summed E-state index contributed by atoms with van der Waals surface area (Å²) in [5, 5.41) is 5.78. The molecule has 0 bridgehead atoms. The number of hydrogen-bond acceptors (Lipinski definition) is 9. The zero-order chi connectivity index (χ0) is 25.1. The Kier molecular flexibility index (Phi) is 6.74. The largest absolute Gasteiger partial charge is 0.465 e. The summed E-state index contributed by atoms with van der Waals surface area (Å²) in [6, 6.07) is 14.0. The van der Waals surface area contributed by atoms with Gasteiger partial charge in [0.2, 0.25) is 5.95 Å². The van der Waals surface area contributed by atoms with Crippen LogP contribution >= 0.6 is 0 Å². The van der Waals surface area contributed by atoms with Gasteiger partial charge < -0.3 is 24.3 Å². The third kappa shape index (κ3) is 4.97. The fraction of sp³-hybridized carbons (Fsp3) is 0.280. The van der Waals surface area contributed by atoms with Crippen molar-refractivity contribution in [2.24, 2.45) is 0 Å². The number of carbonyl (C=O) groups is 2. The van der Waals surface area contributed by atoms with Gasteiger partial charge in [-0.05, 0) is 30.3 Å². The van der Waals surface area contributed by atoms with Gasteiger partial charge in [0.05, 0.1) is 43.3 Å². The van der Waals surface area contributed by atoms with Crippen molar-refractivity contribution < 1.29 is 32.9 Å². The van der Waals surface area contributed by atoms with E-state index in [-0.39, 0.29) is 36.3 Å². The fourth-order valence-corrected chi connectivity index (χ4v) is 4.25. The minimum atomic E-state index is -0.744. The van der Waals surface area contributed by atoms with E-state index in [4.69, 9.17) is 18.9 Å². The second-order valence-electron chi connectivity index (χ2n) is 8.23. The molecule has 3 aromatic rings. The zero-order valence-electron chi connectivity index (χ0n) is 19.2. The molecule has 0 saturated carbocycles. The number of benzene rings is 2. The van der Waals surface area contributed by atoms with Crippen LogP contribution in [0.3, 0.4) is 0 Å². The van der Waals surface area contributed by atoms with Gasteiger partial charge in [0.1, 0.15) is 18.0 Å². The number of methoxy groups -OCH3 is 1. The lowest BCUT2D eigenvalue weighted by molar-refractivity contribution is 0.00916. The molecule has 5 rings (SSSR count). The third-order valence-corrected chi connectivity index (χ3v) is 5.93. The number of hydrogen-bond donors (Lipinski definition) is 2. The van der Waals surface area contributed by atoms with Crippen LogP contribution in [-0.2, 0) is 18.9 Å². The van der Waals surface area contributed by atoms with E-state index in [1.54, 1.807) is 42.6 Å². The summed E-state index contributed by atoms with van der Waals surface area (Å²) >= 11 is 0. The van der Waals surface area contributed by atoms with E-state index >= 15 is 0 Å².